The monoisotopic (exact) mass is 427 g/mol. The molecule has 0 aliphatic rings. The van der Waals surface area contributed by atoms with E-state index in [1.165, 1.54) is 12.3 Å². The van der Waals surface area contributed by atoms with Crippen LogP contribution in [-0.4, -0.2) is 30.8 Å². The lowest BCUT2D eigenvalue weighted by atomic mass is 10.3. The molecule has 154 valence electrons. The molecule has 0 saturated carbocycles. The fourth-order valence-electron chi connectivity index (χ4n) is 2.36. The molecule has 3 rings (SSSR count). The zero-order valence-electron chi connectivity index (χ0n) is 15.7. The number of amides is 3. The number of ether oxygens (including phenoxy) is 1. The molecule has 3 N–H and O–H groups in total. The summed E-state index contributed by atoms with van der Waals surface area (Å²) in [4.78, 5) is 35.4. The smallest absolute Gasteiger partial charge is 0.287 e. The van der Waals surface area contributed by atoms with E-state index in [0.717, 1.165) is 0 Å². The molecule has 30 heavy (non-hydrogen) atoms. The fraction of sp³-hybridized carbons (Fsp3) is 0.0952. The van der Waals surface area contributed by atoms with Crippen LogP contribution in [0.4, 0.5) is 5.69 Å². The van der Waals surface area contributed by atoms with Crippen LogP contribution in [0.25, 0.3) is 0 Å². The molecule has 1 heterocycles. The highest BCUT2D eigenvalue weighted by Gasteiger charge is 2.11. The van der Waals surface area contributed by atoms with E-state index in [4.69, 9.17) is 20.8 Å². The van der Waals surface area contributed by atoms with E-state index in [-0.39, 0.29) is 18.8 Å². The second-order valence-electron chi connectivity index (χ2n) is 6.04. The predicted molar refractivity (Wildman–Crippen MR) is 111 cm³/mol. The van der Waals surface area contributed by atoms with Gasteiger partial charge in [-0.05, 0) is 48.5 Å². The van der Waals surface area contributed by atoms with Gasteiger partial charge in [0, 0.05) is 5.69 Å². The Labute approximate surface area is 177 Å². The third-order valence-corrected chi connectivity index (χ3v) is 4.12. The Kier molecular flexibility index (Phi) is 7.07. The number of nitrogens with one attached hydrogen (secondary N) is 3. The summed E-state index contributed by atoms with van der Waals surface area (Å²) in [5, 5.41) is 7.95. The summed E-state index contributed by atoms with van der Waals surface area (Å²) in [6.07, 6.45) is 1.36. The predicted octanol–water partition coefficient (Wildman–Crippen LogP) is 3.21. The van der Waals surface area contributed by atoms with Crippen LogP contribution in [0.3, 0.4) is 0 Å². The summed E-state index contributed by atoms with van der Waals surface area (Å²) in [5.41, 5.74) is 0.534. The minimum atomic E-state index is -0.515. The molecular formula is C21H18ClN3O5. The van der Waals surface area contributed by atoms with E-state index in [2.05, 4.69) is 16.0 Å². The van der Waals surface area contributed by atoms with Gasteiger partial charge in [-0.1, -0.05) is 23.7 Å². The molecule has 0 aliphatic heterocycles. The van der Waals surface area contributed by atoms with Crippen LogP contribution in [0, 0.1) is 0 Å². The maximum absolute atomic E-state index is 12.0. The second kappa shape index (κ2) is 10.1. The summed E-state index contributed by atoms with van der Waals surface area (Å²) in [5.74, 6) is -0.255. The summed E-state index contributed by atoms with van der Waals surface area (Å²) in [6.45, 7) is -0.520. The normalized spacial score (nSPS) is 10.2. The van der Waals surface area contributed by atoms with Gasteiger partial charge in [0.25, 0.3) is 5.91 Å². The lowest BCUT2D eigenvalue weighted by Crippen LogP contribution is -2.40. The Balaban J connectivity index is 1.40. The Morgan fingerprint density at radius 2 is 1.60 bits per heavy atom. The van der Waals surface area contributed by atoms with Crippen LogP contribution < -0.4 is 20.7 Å². The number of hydrogen-bond donors (Lipinski definition) is 3. The van der Waals surface area contributed by atoms with Crippen LogP contribution in [-0.2, 0) is 9.59 Å². The first-order valence-electron chi connectivity index (χ1n) is 8.92. The molecule has 2 aromatic carbocycles. The second-order valence-corrected chi connectivity index (χ2v) is 6.45. The van der Waals surface area contributed by atoms with E-state index in [9.17, 15) is 14.4 Å². The quantitative estimate of drug-likeness (QED) is 0.511. The average molecular weight is 428 g/mol. The van der Waals surface area contributed by atoms with Crippen molar-refractivity contribution in [2.24, 2.45) is 0 Å². The first-order valence-corrected chi connectivity index (χ1v) is 9.30. The molecule has 0 unspecified atom stereocenters. The number of halogens is 1. The fourth-order valence-corrected chi connectivity index (χ4v) is 2.54. The van der Waals surface area contributed by atoms with Crippen molar-refractivity contribution in [2.75, 3.05) is 18.4 Å². The first-order chi connectivity index (χ1) is 14.5. The standard InChI is InChI=1S/C21H18ClN3O5/c22-16-4-1-2-5-17(16)30-15-9-7-14(8-10-15)25-20(27)13-23-19(26)12-24-21(28)18-6-3-11-29-18/h1-11H,12-13H2,(H,23,26)(H,24,28)(H,25,27). The number of benzene rings is 2. The van der Waals surface area contributed by atoms with Crippen molar-refractivity contribution in [2.45, 2.75) is 0 Å². The van der Waals surface area contributed by atoms with Gasteiger partial charge in [0.2, 0.25) is 11.8 Å². The molecule has 8 nitrogen and oxygen atoms in total. The Hall–Kier alpha value is -3.78. The minimum Gasteiger partial charge on any atom is -0.459 e. The van der Waals surface area contributed by atoms with E-state index >= 15 is 0 Å². The topological polar surface area (TPSA) is 110 Å². The highest BCUT2D eigenvalue weighted by atomic mass is 35.5. The van der Waals surface area contributed by atoms with E-state index in [1.807, 2.05) is 6.07 Å². The Bertz CT molecular complexity index is 1020. The summed E-state index contributed by atoms with van der Waals surface area (Å²) < 4.78 is 10.6. The van der Waals surface area contributed by atoms with Crippen LogP contribution in [0.15, 0.2) is 71.3 Å². The number of carbonyl (C=O) groups is 3. The molecule has 9 heteroatoms. The van der Waals surface area contributed by atoms with Crippen molar-refractivity contribution in [3.63, 3.8) is 0 Å². The highest BCUT2D eigenvalue weighted by Crippen LogP contribution is 2.29. The Morgan fingerprint density at radius 1 is 0.867 bits per heavy atom. The highest BCUT2D eigenvalue weighted by molar-refractivity contribution is 6.32. The van der Waals surface area contributed by atoms with Crippen LogP contribution in [0.1, 0.15) is 10.6 Å². The molecule has 3 aromatic rings. The molecule has 1 aromatic heterocycles. The minimum absolute atomic E-state index is 0.0995. The molecule has 3 amide bonds. The molecule has 0 atom stereocenters. The van der Waals surface area contributed by atoms with Gasteiger partial charge >= 0.3 is 0 Å². The molecule has 0 fully saturated rings. The third-order valence-electron chi connectivity index (χ3n) is 3.80. The van der Waals surface area contributed by atoms with Crippen molar-refractivity contribution in [1.29, 1.82) is 0 Å². The van der Waals surface area contributed by atoms with Gasteiger partial charge in [0.1, 0.15) is 11.5 Å². The van der Waals surface area contributed by atoms with Crippen LogP contribution >= 0.6 is 11.6 Å². The number of hydrogen-bond acceptors (Lipinski definition) is 5. The molecule has 0 bridgehead atoms. The summed E-state index contributed by atoms with van der Waals surface area (Å²) in [7, 11) is 0. The number of furan rings is 1. The van der Waals surface area contributed by atoms with Crippen LogP contribution in [0.2, 0.25) is 5.02 Å². The number of para-hydroxylation sites is 1. The Morgan fingerprint density at radius 3 is 2.30 bits per heavy atom. The SMILES string of the molecule is O=C(CNC(=O)c1ccco1)NCC(=O)Nc1ccc(Oc2ccccc2Cl)cc1. The van der Waals surface area contributed by atoms with E-state index in [1.54, 1.807) is 48.5 Å². The van der Waals surface area contributed by atoms with Gasteiger partial charge in [-0.2, -0.15) is 0 Å². The molecule has 0 aliphatic carbocycles. The largest absolute Gasteiger partial charge is 0.459 e. The first kappa shape index (κ1) is 20.9. The van der Waals surface area contributed by atoms with Gasteiger partial charge in [-0.15, -0.1) is 0 Å². The van der Waals surface area contributed by atoms with E-state index in [0.29, 0.717) is 22.2 Å². The number of rotatable bonds is 8. The third kappa shape index (κ3) is 6.11. The van der Waals surface area contributed by atoms with Crippen molar-refractivity contribution < 1.29 is 23.5 Å². The van der Waals surface area contributed by atoms with Crippen molar-refractivity contribution in [3.8, 4) is 11.5 Å². The number of carbonyl (C=O) groups excluding carboxylic acids is 3. The van der Waals surface area contributed by atoms with Gasteiger partial charge in [0.15, 0.2) is 5.76 Å². The maximum Gasteiger partial charge on any atom is 0.287 e. The summed E-state index contributed by atoms with van der Waals surface area (Å²) >= 11 is 6.06. The van der Waals surface area contributed by atoms with Gasteiger partial charge in [0.05, 0.1) is 24.4 Å². The lowest BCUT2D eigenvalue weighted by Gasteiger charge is -2.10. The van der Waals surface area contributed by atoms with E-state index < -0.39 is 17.7 Å². The summed E-state index contributed by atoms with van der Waals surface area (Å²) in [6, 6.07) is 16.8. The van der Waals surface area contributed by atoms with Gasteiger partial charge < -0.3 is 25.1 Å². The zero-order chi connectivity index (χ0) is 21.3. The average Bonchev–Trinajstić information content (AvgIpc) is 3.28. The van der Waals surface area contributed by atoms with Gasteiger partial charge in [-0.25, -0.2) is 0 Å². The maximum atomic E-state index is 12.0. The molecule has 0 radical (unpaired) electrons. The van der Waals surface area contributed by atoms with Crippen LogP contribution in [0.5, 0.6) is 11.5 Å². The molecule has 0 saturated heterocycles. The van der Waals surface area contributed by atoms with Crippen molar-refractivity contribution in [1.82, 2.24) is 10.6 Å². The number of anilines is 1. The van der Waals surface area contributed by atoms with Crippen molar-refractivity contribution >= 4 is 35.0 Å². The van der Waals surface area contributed by atoms with Crippen molar-refractivity contribution in [3.05, 3.63) is 77.7 Å². The zero-order valence-corrected chi connectivity index (χ0v) is 16.4. The van der Waals surface area contributed by atoms with Gasteiger partial charge in [-0.3, -0.25) is 14.4 Å². The molecule has 0 spiro atoms. The molecular weight excluding hydrogens is 410 g/mol. The lowest BCUT2D eigenvalue weighted by molar-refractivity contribution is -0.123.